The highest BCUT2D eigenvalue weighted by Crippen LogP contribution is 2.25. The first-order valence-corrected chi connectivity index (χ1v) is 7.91. The summed E-state index contributed by atoms with van der Waals surface area (Å²) in [7, 11) is -3.74. The van der Waals surface area contributed by atoms with Gasteiger partial charge in [0.05, 0.1) is 11.6 Å². The van der Waals surface area contributed by atoms with Gasteiger partial charge in [-0.2, -0.15) is 0 Å². The minimum absolute atomic E-state index is 0.0533. The zero-order chi connectivity index (χ0) is 14.9. The number of aliphatic hydroxyl groups is 1. The van der Waals surface area contributed by atoms with E-state index in [4.69, 9.17) is 11.6 Å². The van der Waals surface area contributed by atoms with E-state index in [0.717, 1.165) is 5.56 Å². The summed E-state index contributed by atoms with van der Waals surface area (Å²) in [5.74, 6) is 0. The Balaban J connectivity index is 2.57. The van der Waals surface area contributed by atoms with Crippen LogP contribution in [0.25, 0.3) is 10.9 Å². The number of hydrogen-bond donors (Lipinski definition) is 2. The highest BCUT2D eigenvalue weighted by atomic mass is 35.5. The van der Waals surface area contributed by atoms with Crippen LogP contribution in [0, 0.1) is 6.92 Å². The third kappa shape index (κ3) is 3.09. The van der Waals surface area contributed by atoms with Crippen molar-refractivity contribution in [3.63, 3.8) is 0 Å². The fraction of sp³-hybridized carbons (Fsp3) is 0.308. The summed E-state index contributed by atoms with van der Waals surface area (Å²) in [4.78, 5) is 4.21. The van der Waals surface area contributed by atoms with Crippen molar-refractivity contribution in [3.8, 4) is 0 Å². The van der Waals surface area contributed by atoms with Gasteiger partial charge in [-0.05, 0) is 31.5 Å². The van der Waals surface area contributed by atoms with Gasteiger partial charge in [0.25, 0.3) is 0 Å². The van der Waals surface area contributed by atoms with Crippen LogP contribution in [-0.4, -0.2) is 31.2 Å². The number of para-hydroxylation sites is 1. The lowest BCUT2D eigenvalue weighted by Gasteiger charge is -2.11. The van der Waals surface area contributed by atoms with Gasteiger partial charge in [0.15, 0.2) is 0 Å². The second-order valence-electron chi connectivity index (χ2n) is 4.62. The molecule has 5 nitrogen and oxygen atoms in total. The molecule has 2 N–H and O–H groups in total. The molecule has 1 aromatic carbocycles. The molecule has 1 heterocycles. The van der Waals surface area contributed by atoms with Crippen LogP contribution in [-0.2, 0) is 10.0 Å². The van der Waals surface area contributed by atoms with Gasteiger partial charge in [0.1, 0.15) is 10.0 Å². The fourth-order valence-corrected chi connectivity index (χ4v) is 3.21. The van der Waals surface area contributed by atoms with E-state index < -0.39 is 16.1 Å². The van der Waals surface area contributed by atoms with Gasteiger partial charge in [-0.1, -0.05) is 23.7 Å². The number of rotatable bonds is 4. The zero-order valence-corrected chi connectivity index (χ0v) is 12.7. The summed E-state index contributed by atoms with van der Waals surface area (Å²) >= 11 is 5.97. The van der Waals surface area contributed by atoms with Crippen molar-refractivity contribution in [2.24, 2.45) is 0 Å². The molecule has 7 heteroatoms. The average molecular weight is 315 g/mol. The van der Waals surface area contributed by atoms with Gasteiger partial charge in [-0.3, -0.25) is 0 Å². The van der Waals surface area contributed by atoms with Crippen molar-refractivity contribution in [3.05, 3.63) is 35.0 Å². The summed E-state index contributed by atoms with van der Waals surface area (Å²) in [6.45, 7) is 3.25. The number of benzene rings is 1. The lowest BCUT2D eigenvalue weighted by molar-refractivity contribution is 0.198. The number of fused-ring (bicyclic) bond motifs is 1. The summed E-state index contributed by atoms with van der Waals surface area (Å²) in [6, 6.07) is 6.68. The lowest BCUT2D eigenvalue weighted by atomic mass is 10.2. The smallest absolute Gasteiger partial charge is 0.242 e. The monoisotopic (exact) mass is 314 g/mol. The average Bonchev–Trinajstić information content (AvgIpc) is 2.37. The molecular weight excluding hydrogens is 300 g/mol. The summed E-state index contributed by atoms with van der Waals surface area (Å²) in [5.41, 5.74) is 1.10. The third-order valence-electron chi connectivity index (χ3n) is 2.80. The molecule has 20 heavy (non-hydrogen) atoms. The highest BCUT2D eigenvalue weighted by molar-refractivity contribution is 7.89. The Morgan fingerprint density at radius 1 is 1.45 bits per heavy atom. The van der Waals surface area contributed by atoms with E-state index in [0.29, 0.717) is 10.9 Å². The van der Waals surface area contributed by atoms with Gasteiger partial charge in [-0.25, -0.2) is 18.1 Å². The van der Waals surface area contributed by atoms with Gasteiger partial charge >= 0.3 is 0 Å². The Morgan fingerprint density at radius 2 is 2.15 bits per heavy atom. The number of hydrogen-bond acceptors (Lipinski definition) is 4. The molecule has 0 aliphatic heterocycles. The number of aliphatic hydroxyl groups excluding tert-OH is 1. The first-order chi connectivity index (χ1) is 9.31. The largest absolute Gasteiger partial charge is 0.392 e. The number of sulfonamides is 1. The van der Waals surface area contributed by atoms with Crippen LogP contribution in [0.2, 0.25) is 5.15 Å². The van der Waals surface area contributed by atoms with Crippen LogP contribution >= 0.6 is 11.6 Å². The molecule has 0 saturated carbocycles. The predicted octanol–water partition coefficient (Wildman–Crippen LogP) is 1.86. The molecule has 0 unspecified atom stereocenters. The SMILES string of the molecule is Cc1cc2cccc(S(=O)(=O)NC[C@@H](C)O)c2nc1Cl. The van der Waals surface area contributed by atoms with Gasteiger partial charge < -0.3 is 5.11 Å². The lowest BCUT2D eigenvalue weighted by Crippen LogP contribution is -2.30. The van der Waals surface area contributed by atoms with E-state index in [1.807, 2.05) is 6.92 Å². The maximum absolute atomic E-state index is 12.2. The van der Waals surface area contributed by atoms with Crippen molar-refractivity contribution < 1.29 is 13.5 Å². The molecule has 0 amide bonds. The van der Waals surface area contributed by atoms with Crippen molar-refractivity contribution in [2.75, 3.05) is 6.54 Å². The topological polar surface area (TPSA) is 79.3 Å². The molecule has 1 atom stereocenters. The Labute approximate surface area is 122 Å². The van der Waals surface area contributed by atoms with Crippen LogP contribution in [0.15, 0.2) is 29.2 Å². The van der Waals surface area contributed by atoms with E-state index in [1.54, 1.807) is 18.2 Å². The molecule has 0 fully saturated rings. The maximum Gasteiger partial charge on any atom is 0.242 e. The van der Waals surface area contributed by atoms with Crippen LogP contribution in [0.3, 0.4) is 0 Å². The number of aryl methyl sites for hydroxylation is 1. The fourth-order valence-electron chi connectivity index (χ4n) is 1.78. The van der Waals surface area contributed by atoms with Crippen LogP contribution in [0.5, 0.6) is 0 Å². The molecule has 0 aliphatic rings. The molecule has 0 aliphatic carbocycles. The van der Waals surface area contributed by atoms with Gasteiger partial charge in [0.2, 0.25) is 10.0 Å². The molecule has 0 saturated heterocycles. The molecular formula is C13H15ClN2O3S. The zero-order valence-electron chi connectivity index (χ0n) is 11.1. The van der Waals surface area contributed by atoms with Crippen LogP contribution in [0.4, 0.5) is 0 Å². The number of nitrogens with zero attached hydrogens (tertiary/aromatic N) is 1. The Hall–Kier alpha value is -1.21. The Kier molecular flexibility index (Phi) is 4.29. The van der Waals surface area contributed by atoms with E-state index in [1.165, 1.54) is 13.0 Å². The molecule has 2 rings (SSSR count). The minimum atomic E-state index is -3.74. The number of pyridine rings is 1. The van der Waals surface area contributed by atoms with E-state index in [-0.39, 0.29) is 16.6 Å². The number of halogens is 1. The van der Waals surface area contributed by atoms with Crippen molar-refractivity contribution in [1.82, 2.24) is 9.71 Å². The van der Waals surface area contributed by atoms with Crippen molar-refractivity contribution in [2.45, 2.75) is 24.8 Å². The Bertz CT molecular complexity index is 745. The van der Waals surface area contributed by atoms with Gasteiger partial charge in [0, 0.05) is 11.9 Å². The molecule has 0 bridgehead atoms. The third-order valence-corrected chi connectivity index (χ3v) is 4.63. The summed E-state index contributed by atoms with van der Waals surface area (Å²) < 4.78 is 26.8. The normalized spacial score (nSPS) is 13.6. The number of nitrogens with one attached hydrogen (secondary N) is 1. The first kappa shape index (κ1) is 15.2. The predicted molar refractivity (Wildman–Crippen MR) is 78.4 cm³/mol. The molecule has 108 valence electrons. The minimum Gasteiger partial charge on any atom is -0.392 e. The molecule has 2 aromatic rings. The summed E-state index contributed by atoms with van der Waals surface area (Å²) in [5, 5.41) is 10.2. The van der Waals surface area contributed by atoms with E-state index in [9.17, 15) is 13.5 Å². The first-order valence-electron chi connectivity index (χ1n) is 6.05. The second kappa shape index (κ2) is 5.65. The number of aromatic nitrogens is 1. The highest BCUT2D eigenvalue weighted by Gasteiger charge is 2.19. The van der Waals surface area contributed by atoms with Gasteiger partial charge in [-0.15, -0.1) is 0 Å². The molecule has 0 radical (unpaired) electrons. The van der Waals surface area contributed by atoms with Crippen molar-refractivity contribution in [1.29, 1.82) is 0 Å². The Morgan fingerprint density at radius 3 is 2.80 bits per heavy atom. The van der Waals surface area contributed by atoms with E-state index >= 15 is 0 Å². The van der Waals surface area contributed by atoms with Crippen molar-refractivity contribution >= 4 is 32.5 Å². The summed E-state index contributed by atoms with van der Waals surface area (Å²) in [6.07, 6.45) is -0.765. The quantitative estimate of drug-likeness (QED) is 0.844. The standard InChI is InChI=1S/C13H15ClN2O3S/c1-8-6-10-4-3-5-11(12(10)16-13(8)14)20(18,19)15-7-9(2)17/h3-6,9,15,17H,7H2,1-2H3/t9-/m1/s1. The molecule has 1 aromatic heterocycles. The molecule has 0 spiro atoms. The second-order valence-corrected chi connectivity index (χ2v) is 6.72. The maximum atomic E-state index is 12.2. The van der Waals surface area contributed by atoms with Crippen LogP contribution in [0.1, 0.15) is 12.5 Å². The van der Waals surface area contributed by atoms with Crippen LogP contribution < -0.4 is 4.72 Å². The van der Waals surface area contributed by atoms with E-state index in [2.05, 4.69) is 9.71 Å².